The summed E-state index contributed by atoms with van der Waals surface area (Å²) in [4.78, 5) is 2.50. The lowest BCUT2D eigenvalue weighted by Gasteiger charge is -2.00. The van der Waals surface area contributed by atoms with Crippen LogP contribution in [0.5, 0.6) is 0 Å². The molecule has 0 nitrogen and oxygen atoms in total. The van der Waals surface area contributed by atoms with E-state index in [1.165, 1.54) is 9.80 Å². The van der Waals surface area contributed by atoms with Crippen molar-refractivity contribution in [3.63, 3.8) is 0 Å². The third kappa shape index (κ3) is 3.51. The Kier molecular flexibility index (Phi) is 4.41. The van der Waals surface area contributed by atoms with Gasteiger partial charge in [-0.3, -0.25) is 0 Å². The summed E-state index contributed by atoms with van der Waals surface area (Å²) in [5, 5.41) is 0. The van der Waals surface area contributed by atoms with Crippen LogP contribution in [0.1, 0.15) is 13.3 Å². The number of benzene rings is 1. The monoisotopic (exact) mass is 190 g/mol. The average molecular weight is 190 g/mol. The molecule has 0 saturated heterocycles. The fraction of sp³-hybridized carbons (Fsp3) is 0.167. The van der Waals surface area contributed by atoms with Crippen LogP contribution in [0.15, 0.2) is 58.9 Å². The van der Waals surface area contributed by atoms with Gasteiger partial charge in [-0.05, 0) is 18.6 Å². The van der Waals surface area contributed by atoms with Crippen LogP contribution in [-0.4, -0.2) is 0 Å². The molecule has 0 radical (unpaired) electrons. The highest BCUT2D eigenvalue weighted by Gasteiger charge is 1.94. The normalized spacial score (nSPS) is 11.3. The molecule has 0 bridgehead atoms. The molecular formula is C12H14S. The lowest BCUT2D eigenvalue weighted by atomic mass is 10.4. The van der Waals surface area contributed by atoms with Crippen LogP contribution in [0.4, 0.5) is 0 Å². The van der Waals surface area contributed by atoms with Gasteiger partial charge in [0.05, 0.1) is 0 Å². The van der Waals surface area contributed by atoms with E-state index in [0.717, 1.165) is 6.42 Å². The molecule has 1 heteroatoms. The highest BCUT2D eigenvalue weighted by molar-refractivity contribution is 8.03. The second kappa shape index (κ2) is 5.65. The standard InChI is InChI=1S/C12H14S/c1-3-8-11(4-2)13-12-9-6-5-7-10-12/h4-10H,2-3H2,1H3/b11-8+. The zero-order chi connectivity index (χ0) is 9.52. The molecule has 1 aromatic rings. The van der Waals surface area contributed by atoms with E-state index in [-0.39, 0.29) is 0 Å². The van der Waals surface area contributed by atoms with E-state index in [4.69, 9.17) is 0 Å². The van der Waals surface area contributed by atoms with Gasteiger partial charge in [0.25, 0.3) is 0 Å². The molecule has 0 fully saturated rings. The largest absolute Gasteiger partial charge is 0.0980 e. The second-order valence-corrected chi connectivity index (χ2v) is 3.78. The third-order valence-electron chi connectivity index (χ3n) is 1.59. The van der Waals surface area contributed by atoms with Crippen molar-refractivity contribution in [1.82, 2.24) is 0 Å². The number of allylic oxidation sites excluding steroid dienone is 2. The SMILES string of the molecule is C=C/C(=C\CC)Sc1ccccc1. The highest BCUT2D eigenvalue weighted by atomic mass is 32.2. The first-order valence-corrected chi connectivity index (χ1v) is 5.24. The molecule has 0 heterocycles. The van der Waals surface area contributed by atoms with Gasteiger partial charge < -0.3 is 0 Å². The van der Waals surface area contributed by atoms with Crippen molar-refractivity contribution in [3.05, 3.63) is 54.0 Å². The smallest absolute Gasteiger partial charge is 0.0122 e. The molecule has 1 rings (SSSR count). The predicted octanol–water partition coefficient (Wildman–Crippen LogP) is 4.26. The molecule has 0 aliphatic carbocycles. The zero-order valence-corrected chi connectivity index (χ0v) is 8.68. The lowest BCUT2D eigenvalue weighted by molar-refractivity contribution is 1.22. The van der Waals surface area contributed by atoms with E-state index in [1.54, 1.807) is 11.8 Å². The molecule has 0 N–H and O–H groups in total. The van der Waals surface area contributed by atoms with Crippen molar-refractivity contribution in [2.45, 2.75) is 18.2 Å². The number of thioether (sulfide) groups is 1. The van der Waals surface area contributed by atoms with Crippen molar-refractivity contribution < 1.29 is 0 Å². The summed E-state index contributed by atoms with van der Waals surface area (Å²) in [6, 6.07) is 10.3. The number of rotatable bonds is 4. The summed E-state index contributed by atoms with van der Waals surface area (Å²) in [6.07, 6.45) is 5.15. The van der Waals surface area contributed by atoms with Crippen LogP contribution in [0.25, 0.3) is 0 Å². The van der Waals surface area contributed by atoms with E-state index in [2.05, 4.69) is 43.8 Å². The van der Waals surface area contributed by atoms with Crippen LogP contribution < -0.4 is 0 Å². The fourth-order valence-electron chi connectivity index (χ4n) is 0.992. The van der Waals surface area contributed by atoms with Gasteiger partial charge in [-0.1, -0.05) is 55.6 Å². The first kappa shape index (κ1) is 10.1. The quantitative estimate of drug-likeness (QED) is 0.505. The Morgan fingerprint density at radius 1 is 1.38 bits per heavy atom. The van der Waals surface area contributed by atoms with Crippen LogP contribution in [-0.2, 0) is 0 Å². The molecule has 0 amide bonds. The van der Waals surface area contributed by atoms with Gasteiger partial charge >= 0.3 is 0 Å². The maximum Gasteiger partial charge on any atom is 0.0122 e. The summed E-state index contributed by atoms with van der Waals surface area (Å²) in [6.45, 7) is 5.92. The minimum atomic E-state index is 1.06. The fourth-order valence-corrected chi connectivity index (χ4v) is 1.89. The van der Waals surface area contributed by atoms with Crippen molar-refractivity contribution >= 4 is 11.8 Å². The topological polar surface area (TPSA) is 0 Å². The Hall–Kier alpha value is -0.950. The molecule has 0 aromatic heterocycles. The Bertz CT molecular complexity index is 285. The van der Waals surface area contributed by atoms with E-state index in [1.807, 2.05) is 12.1 Å². The van der Waals surface area contributed by atoms with Crippen molar-refractivity contribution in [2.75, 3.05) is 0 Å². The molecule has 68 valence electrons. The maximum absolute atomic E-state index is 3.79. The molecule has 0 saturated carbocycles. The maximum atomic E-state index is 3.79. The predicted molar refractivity (Wildman–Crippen MR) is 60.9 cm³/mol. The van der Waals surface area contributed by atoms with Gasteiger partial charge in [-0.2, -0.15) is 0 Å². The summed E-state index contributed by atoms with van der Waals surface area (Å²) >= 11 is 1.76. The zero-order valence-electron chi connectivity index (χ0n) is 7.86. The average Bonchev–Trinajstić information content (AvgIpc) is 2.19. The molecule has 0 unspecified atom stereocenters. The molecule has 13 heavy (non-hydrogen) atoms. The summed E-state index contributed by atoms with van der Waals surface area (Å²) < 4.78 is 0. The van der Waals surface area contributed by atoms with Crippen molar-refractivity contribution in [2.24, 2.45) is 0 Å². The van der Waals surface area contributed by atoms with Gasteiger partial charge in [0.2, 0.25) is 0 Å². The Morgan fingerprint density at radius 2 is 2.08 bits per heavy atom. The summed E-state index contributed by atoms with van der Waals surface area (Å²) in [5.41, 5.74) is 0. The summed E-state index contributed by atoms with van der Waals surface area (Å²) in [7, 11) is 0. The van der Waals surface area contributed by atoms with Gasteiger partial charge in [0.15, 0.2) is 0 Å². The van der Waals surface area contributed by atoms with Gasteiger partial charge in [-0.25, -0.2) is 0 Å². The van der Waals surface area contributed by atoms with Gasteiger partial charge in [-0.15, -0.1) is 0 Å². The molecule has 0 aliphatic rings. The van der Waals surface area contributed by atoms with E-state index in [0.29, 0.717) is 0 Å². The van der Waals surface area contributed by atoms with Crippen LogP contribution in [0.2, 0.25) is 0 Å². The Morgan fingerprint density at radius 3 is 2.62 bits per heavy atom. The van der Waals surface area contributed by atoms with Crippen LogP contribution in [0, 0.1) is 0 Å². The van der Waals surface area contributed by atoms with Crippen LogP contribution in [0.3, 0.4) is 0 Å². The second-order valence-electron chi connectivity index (χ2n) is 2.63. The van der Waals surface area contributed by atoms with Crippen LogP contribution >= 0.6 is 11.8 Å². The molecule has 0 aliphatic heterocycles. The Balaban J connectivity index is 2.68. The third-order valence-corrected chi connectivity index (χ3v) is 2.66. The highest BCUT2D eigenvalue weighted by Crippen LogP contribution is 2.26. The number of hydrogen-bond donors (Lipinski definition) is 0. The van der Waals surface area contributed by atoms with Gasteiger partial charge in [0, 0.05) is 9.80 Å². The first-order chi connectivity index (χ1) is 6.36. The summed E-state index contributed by atoms with van der Waals surface area (Å²) in [5.74, 6) is 0. The van der Waals surface area contributed by atoms with Gasteiger partial charge in [0.1, 0.15) is 0 Å². The minimum Gasteiger partial charge on any atom is -0.0980 e. The molecule has 1 aromatic carbocycles. The van der Waals surface area contributed by atoms with E-state index in [9.17, 15) is 0 Å². The lowest BCUT2D eigenvalue weighted by Crippen LogP contribution is -1.72. The first-order valence-electron chi connectivity index (χ1n) is 4.42. The Labute approximate surface area is 84.4 Å². The van der Waals surface area contributed by atoms with Crippen molar-refractivity contribution in [1.29, 1.82) is 0 Å². The molecule has 0 spiro atoms. The van der Waals surface area contributed by atoms with E-state index >= 15 is 0 Å². The molecular weight excluding hydrogens is 176 g/mol. The van der Waals surface area contributed by atoms with E-state index < -0.39 is 0 Å². The molecule has 0 atom stereocenters. The van der Waals surface area contributed by atoms with Crippen molar-refractivity contribution in [3.8, 4) is 0 Å². The minimum absolute atomic E-state index is 1.06. The number of hydrogen-bond acceptors (Lipinski definition) is 1.